The summed E-state index contributed by atoms with van der Waals surface area (Å²) in [5, 5.41) is 0. The molecule has 0 amide bonds. The van der Waals surface area contributed by atoms with Gasteiger partial charge in [0.25, 0.3) is 0 Å². The van der Waals surface area contributed by atoms with E-state index in [2.05, 4.69) is 0 Å². The molecule has 2 aliphatic carbocycles. The lowest BCUT2D eigenvalue weighted by Crippen LogP contribution is -2.40. The third kappa shape index (κ3) is 3.65. The van der Waals surface area contributed by atoms with E-state index in [1.165, 1.54) is 0 Å². The molecule has 4 nitrogen and oxygen atoms in total. The topological polar surface area (TPSA) is 56.5 Å². The second-order valence-corrected chi connectivity index (χ2v) is 10.1. The largest absolute Gasteiger partial charge is 0.469 e. The number of carbonyl (C=O) groups is 2. The van der Waals surface area contributed by atoms with Crippen LogP contribution in [0.3, 0.4) is 0 Å². The summed E-state index contributed by atoms with van der Waals surface area (Å²) in [5.74, 6) is -0.143. The fourth-order valence-corrected chi connectivity index (χ4v) is 4.36. The third-order valence-electron chi connectivity index (χ3n) is 5.86. The number of ether oxygens (including phenoxy) is 1. The molecule has 1 aromatic rings. The Hall–Kier alpha value is -2.36. The van der Waals surface area contributed by atoms with E-state index in [9.17, 15) is 9.59 Å². The smallest absolute Gasteiger partial charge is 0.314 e. The first kappa shape index (κ1) is 21.4. The van der Waals surface area contributed by atoms with Crippen LogP contribution in [0.2, 0.25) is 0 Å². The number of carbonyl (C=O) groups excluding carboxylic acids is 2. The van der Waals surface area contributed by atoms with Gasteiger partial charge in [0.2, 0.25) is 0 Å². The Labute approximate surface area is 173 Å². The normalized spacial score (nSPS) is 23.9. The van der Waals surface area contributed by atoms with E-state index in [1.807, 2.05) is 84.9 Å². The Morgan fingerprint density at radius 1 is 1.07 bits per heavy atom. The van der Waals surface area contributed by atoms with E-state index in [1.54, 1.807) is 6.26 Å². The highest BCUT2D eigenvalue weighted by molar-refractivity contribution is 6.11. The van der Waals surface area contributed by atoms with Gasteiger partial charge in [-0.1, -0.05) is 65.8 Å². The summed E-state index contributed by atoms with van der Waals surface area (Å²) in [7, 11) is 0. The molecular formula is C25H32O4. The first-order chi connectivity index (χ1) is 13.4. The van der Waals surface area contributed by atoms with Crippen molar-refractivity contribution in [2.75, 3.05) is 6.61 Å². The summed E-state index contributed by atoms with van der Waals surface area (Å²) in [6.07, 6.45) is 9.60. The molecule has 0 radical (unpaired) electrons. The highest BCUT2D eigenvalue weighted by Gasteiger charge is 2.54. The lowest BCUT2D eigenvalue weighted by molar-refractivity contribution is -0.148. The van der Waals surface area contributed by atoms with Gasteiger partial charge in [0.15, 0.2) is 5.78 Å². The van der Waals surface area contributed by atoms with Gasteiger partial charge in [-0.3, -0.25) is 9.59 Å². The predicted octanol–water partition coefficient (Wildman–Crippen LogP) is 5.63. The zero-order chi connectivity index (χ0) is 21.6. The van der Waals surface area contributed by atoms with Crippen LogP contribution in [0.4, 0.5) is 0 Å². The fourth-order valence-electron chi connectivity index (χ4n) is 4.36. The van der Waals surface area contributed by atoms with Crippen molar-refractivity contribution in [2.24, 2.45) is 22.2 Å². The Morgan fingerprint density at radius 3 is 2.10 bits per heavy atom. The van der Waals surface area contributed by atoms with Gasteiger partial charge in [0.1, 0.15) is 5.76 Å². The van der Waals surface area contributed by atoms with Crippen LogP contribution in [0.5, 0.6) is 0 Å². The number of ketones is 1. The predicted molar refractivity (Wildman–Crippen MR) is 113 cm³/mol. The zero-order valence-corrected chi connectivity index (χ0v) is 18.5. The lowest BCUT2D eigenvalue weighted by Gasteiger charge is -2.42. The minimum Gasteiger partial charge on any atom is -0.469 e. The van der Waals surface area contributed by atoms with E-state index >= 15 is 0 Å². The van der Waals surface area contributed by atoms with Crippen LogP contribution < -0.4 is 0 Å². The van der Waals surface area contributed by atoms with Gasteiger partial charge in [-0.15, -0.1) is 0 Å². The maximum absolute atomic E-state index is 13.5. The zero-order valence-electron chi connectivity index (χ0n) is 18.5. The monoisotopic (exact) mass is 396 g/mol. The Kier molecular flexibility index (Phi) is 5.27. The maximum atomic E-state index is 13.5. The van der Waals surface area contributed by atoms with E-state index in [0.717, 1.165) is 16.9 Å². The van der Waals surface area contributed by atoms with Crippen molar-refractivity contribution in [3.63, 3.8) is 0 Å². The molecule has 0 saturated heterocycles. The molecule has 2 aliphatic rings. The Morgan fingerprint density at radius 2 is 1.66 bits per heavy atom. The van der Waals surface area contributed by atoms with Gasteiger partial charge < -0.3 is 9.15 Å². The highest BCUT2D eigenvalue weighted by atomic mass is 16.5. The molecule has 0 aromatic carbocycles. The van der Waals surface area contributed by atoms with Crippen LogP contribution in [0.1, 0.15) is 60.1 Å². The van der Waals surface area contributed by atoms with Crippen molar-refractivity contribution in [1.29, 1.82) is 0 Å². The van der Waals surface area contributed by atoms with Crippen LogP contribution in [-0.2, 0) is 14.3 Å². The first-order valence-corrected chi connectivity index (χ1v) is 10.3. The molecule has 0 fully saturated rings. The summed E-state index contributed by atoms with van der Waals surface area (Å²) >= 11 is 0. The second-order valence-electron chi connectivity index (χ2n) is 10.1. The lowest BCUT2D eigenvalue weighted by atomic mass is 9.60. The summed E-state index contributed by atoms with van der Waals surface area (Å²) in [5.41, 5.74) is 0.0248. The average Bonchev–Trinajstić information content (AvgIpc) is 3.23. The Balaban J connectivity index is 2.29. The molecule has 0 bridgehead atoms. The van der Waals surface area contributed by atoms with E-state index < -0.39 is 11.3 Å². The molecule has 0 N–H and O–H groups in total. The van der Waals surface area contributed by atoms with Crippen molar-refractivity contribution >= 4 is 11.8 Å². The minimum atomic E-state index is -0.733. The van der Waals surface area contributed by atoms with E-state index in [0.29, 0.717) is 6.61 Å². The molecular weight excluding hydrogens is 364 g/mol. The molecule has 1 spiro atoms. The molecule has 1 aromatic heterocycles. The van der Waals surface area contributed by atoms with Gasteiger partial charge in [0.05, 0.1) is 18.8 Å². The van der Waals surface area contributed by atoms with E-state index in [4.69, 9.17) is 9.15 Å². The van der Waals surface area contributed by atoms with Crippen LogP contribution in [0, 0.1) is 22.2 Å². The number of rotatable bonds is 3. The molecule has 1 heterocycles. The fraction of sp³-hybridized carbons (Fsp3) is 0.520. The van der Waals surface area contributed by atoms with Crippen LogP contribution >= 0.6 is 0 Å². The molecule has 3 rings (SSSR count). The van der Waals surface area contributed by atoms with E-state index in [-0.39, 0.29) is 28.5 Å². The number of allylic oxidation sites excluding steroid dienone is 5. The Bertz CT molecular complexity index is 848. The minimum absolute atomic E-state index is 0.0586. The molecule has 0 saturated carbocycles. The third-order valence-corrected chi connectivity index (χ3v) is 5.86. The van der Waals surface area contributed by atoms with Crippen molar-refractivity contribution < 1.29 is 18.7 Å². The molecule has 4 heteroatoms. The molecule has 29 heavy (non-hydrogen) atoms. The SMILES string of the molecule is CCOC(=O)[C@H]1C=C[C@@H](c2ccco2)C12C=C(C(C)(C)C)C(=O)C(C(C)(C)C)=C2. The first-order valence-electron chi connectivity index (χ1n) is 10.3. The van der Waals surface area contributed by atoms with Crippen molar-refractivity contribution in [3.8, 4) is 0 Å². The van der Waals surface area contributed by atoms with Gasteiger partial charge in [-0.05, 0) is 29.9 Å². The number of esters is 1. The van der Waals surface area contributed by atoms with Crippen LogP contribution in [0.25, 0.3) is 0 Å². The summed E-state index contributed by atoms with van der Waals surface area (Å²) < 4.78 is 11.2. The maximum Gasteiger partial charge on any atom is 0.314 e. The number of hydrogen-bond acceptors (Lipinski definition) is 4. The van der Waals surface area contributed by atoms with Crippen molar-refractivity contribution in [1.82, 2.24) is 0 Å². The number of hydrogen-bond donors (Lipinski definition) is 0. The van der Waals surface area contributed by atoms with Gasteiger partial charge in [0, 0.05) is 22.5 Å². The second kappa shape index (κ2) is 7.16. The average molecular weight is 397 g/mol. The quantitative estimate of drug-likeness (QED) is 0.491. The summed E-state index contributed by atoms with van der Waals surface area (Å²) in [4.78, 5) is 26.4. The molecule has 0 unspecified atom stereocenters. The van der Waals surface area contributed by atoms with Gasteiger partial charge >= 0.3 is 5.97 Å². The van der Waals surface area contributed by atoms with Crippen molar-refractivity contribution in [3.05, 3.63) is 59.6 Å². The highest BCUT2D eigenvalue weighted by Crippen LogP contribution is 2.57. The van der Waals surface area contributed by atoms with Gasteiger partial charge in [-0.25, -0.2) is 0 Å². The number of Topliss-reactive ketones (excluding diaryl/α,β-unsaturated/α-hetero) is 1. The molecule has 156 valence electrons. The standard InChI is InChI=1S/C25H32O4/c1-8-28-22(27)17-12-11-16(20-10-9-13-29-20)25(17)14-18(23(2,3)4)21(26)19(15-25)24(5,6)7/h9-17H,8H2,1-7H3/t16-,17+/m0/s1. The summed E-state index contributed by atoms with van der Waals surface area (Å²) in [6, 6.07) is 3.78. The summed E-state index contributed by atoms with van der Waals surface area (Å²) in [6.45, 7) is 14.4. The molecule has 2 atom stereocenters. The van der Waals surface area contributed by atoms with Gasteiger partial charge in [-0.2, -0.15) is 0 Å². The number of furan rings is 1. The van der Waals surface area contributed by atoms with Crippen molar-refractivity contribution in [2.45, 2.75) is 54.4 Å². The molecule has 0 aliphatic heterocycles. The van der Waals surface area contributed by atoms with Crippen LogP contribution in [0.15, 0.2) is 58.3 Å². The van der Waals surface area contributed by atoms with Crippen LogP contribution in [-0.4, -0.2) is 18.4 Å².